The highest BCUT2D eigenvalue weighted by Gasteiger charge is 2.53. The van der Waals surface area contributed by atoms with Gasteiger partial charge in [0.05, 0.1) is 17.7 Å². The normalized spacial score (nSPS) is 17.8. The first-order valence-electron chi connectivity index (χ1n) is 10.5. The number of aliphatic hydroxyl groups excluding tert-OH is 1. The largest absolute Gasteiger partial charge is 0.491 e. The predicted molar refractivity (Wildman–Crippen MR) is 118 cm³/mol. The quantitative estimate of drug-likeness (QED) is 0.666. The first-order valence-corrected chi connectivity index (χ1v) is 10.8. The van der Waals surface area contributed by atoms with Gasteiger partial charge in [0.15, 0.2) is 0 Å². The van der Waals surface area contributed by atoms with Crippen molar-refractivity contribution >= 4 is 17.5 Å². The summed E-state index contributed by atoms with van der Waals surface area (Å²) in [5.74, 6) is 0.880. The maximum absolute atomic E-state index is 13.5. The number of carbonyl (C=O) groups excluding carboxylic acids is 1. The van der Waals surface area contributed by atoms with E-state index >= 15 is 0 Å². The van der Waals surface area contributed by atoms with Gasteiger partial charge in [-0.3, -0.25) is 9.78 Å². The van der Waals surface area contributed by atoms with Gasteiger partial charge in [-0.15, -0.1) is 0 Å². The summed E-state index contributed by atoms with van der Waals surface area (Å²) in [6, 6.07) is 18.7. The lowest BCUT2D eigenvalue weighted by Gasteiger charge is -2.26. The molecule has 2 aliphatic rings. The molecule has 5 nitrogen and oxygen atoms in total. The van der Waals surface area contributed by atoms with Gasteiger partial charge in [-0.1, -0.05) is 35.9 Å². The second-order valence-electron chi connectivity index (χ2n) is 8.19. The fourth-order valence-corrected chi connectivity index (χ4v) is 4.41. The fourth-order valence-electron chi connectivity index (χ4n) is 4.29. The number of amides is 1. The van der Waals surface area contributed by atoms with Gasteiger partial charge in [-0.05, 0) is 60.4 Å². The van der Waals surface area contributed by atoms with Gasteiger partial charge in [0.25, 0.3) is 0 Å². The molecule has 31 heavy (non-hydrogen) atoms. The minimum absolute atomic E-state index is 0.127. The zero-order valence-electron chi connectivity index (χ0n) is 17.0. The van der Waals surface area contributed by atoms with E-state index in [0.717, 1.165) is 35.3 Å². The first kappa shape index (κ1) is 20.0. The van der Waals surface area contributed by atoms with Gasteiger partial charge in [-0.2, -0.15) is 0 Å². The summed E-state index contributed by atoms with van der Waals surface area (Å²) in [7, 11) is 0. The molecule has 1 saturated carbocycles. The van der Waals surface area contributed by atoms with E-state index in [1.54, 1.807) is 12.3 Å². The van der Waals surface area contributed by atoms with Crippen molar-refractivity contribution in [3.05, 3.63) is 94.3 Å². The van der Waals surface area contributed by atoms with Crippen LogP contribution in [0.3, 0.4) is 0 Å². The van der Waals surface area contributed by atoms with Crippen molar-refractivity contribution in [2.45, 2.75) is 30.9 Å². The Hall–Kier alpha value is -2.89. The number of pyridine rings is 1. The van der Waals surface area contributed by atoms with Crippen LogP contribution in [0.1, 0.15) is 41.3 Å². The summed E-state index contributed by atoms with van der Waals surface area (Å²) in [6.45, 7) is 1.42. The van der Waals surface area contributed by atoms with Crippen LogP contribution in [0.25, 0.3) is 0 Å². The number of hydrogen-bond donors (Lipinski definition) is 1. The SMILES string of the molecule is O=C(N1CCOc2ccc(C(O)c3ccccn3)cc2C1)C1(c2ccc(Cl)cc2)CC1. The highest BCUT2D eigenvalue weighted by molar-refractivity contribution is 6.30. The van der Waals surface area contributed by atoms with Crippen LogP contribution in [0.4, 0.5) is 0 Å². The predicted octanol–water partition coefficient (Wildman–Crippen LogP) is 4.27. The van der Waals surface area contributed by atoms with Crippen LogP contribution >= 0.6 is 11.6 Å². The Morgan fingerprint density at radius 3 is 2.65 bits per heavy atom. The molecule has 0 radical (unpaired) electrons. The second kappa shape index (κ2) is 7.98. The molecule has 1 atom stereocenters. The molecule has 1 amide bonds. The average molecular weight is 435 g/mol. The summed E-state index contributed by atoms with van der Waals surface area (Å²) in [5, 5.41) is 11.4. The summed E-state index contributed by atoms with van der Waals surface area (Å²) in [4.78, 5) is 19.7. The van der Waals surface area contributed by atoms with E-state index in [1.165, 1.54) is 0 Å². The van der Waals surface area contributed by atoms with Crippen molar-refractivity contribution < 1.29 is 14.6 Å². The minimum atomic E-state index is -0.831. The van der Waals surface area contributed by atoms with Crippen LogP contribution in [-0.4, -0.2) is 34.0 Å². The topological polar surface area (TPSA) is 62.7 Å². The molecule has 1 fully saturated rings. The zero-order valence-corrected chi connectivity index (χ0v) is 17.8. The van der Waals surface area contributed by atoms with Crippen molar-refractivity contribution in [3.63, 3.8) is 0 Å². The van der Waals surface area contributed by atoms with E-state index in [1.807, 2.05) is 59.5 Å². The van der Waals surface area contributed by atoms with E-state index in [4.69, 9.17) is 16.3 Å². The molecule has 6 heteroatoms. The number of fused-ring (bicyclic) bond motifs is 1. The summed E-state index contributed by atoms with van der Waals surface area (Å²) >= 11 is 6.04. The Balaban J connectivity index is 1.41. The van der Waals surface area contributed by atoms with Crippen molar-refractivity contribution in [2.24, 2.45) is 0 Å². The van der Waals surface area contributed by atoms with Gasteiger partial charge < -0.3 is 14.7 Å². The van der Waals surface area contributed by atoms with Crippen LogP contribution in [0.15, 0.2) is 66.9 Å². The van der Waals surface area contributed by atoms with Gasteiger partial charge in [0.1, 0.15) is 18.5 Å². The van der Waals surface area contributed by atoms with Gasteiger partial charge in [0.2, 0.25) is 5.91 Å². The third-order valence-corrected chi connectivity index (χ3v) is 6.44. The molecule has 158 valence electrons. The number of benzene rings is 2. The van der Waals surface area contributed by atoms with Crippen LogP contribution in [-0.2, 0) is 16.8 Å². The third-order valence-electron chi connectivity index (χ3n) is 6.19. The Kier molecular flexibility index (Phi) is 5.16. The number of nitrogens with zero attached hydrogens (tertiary/aromatic N) is 2. The lowest BCUT2D eigenvalue weighted by atomic mass is 9.94. The highest BCUT2D eigenvalue weighted by Crippen LogP contribution is 2.50. The lowest BCUT2D eigenvalue weighted by molar-refractivity contribution is -0.134. The average Bonchev–Trinajstić information content (AvgIpc) is 3.63. The number of hydrogen-bond acceptors (Lipinski definition) is 4. The Bertz CT molecular complexity index is 1100. The molecular formula is C25H23ClN2O3. The zero-order chi connectivity index (χ0) is 21.4. The highest BCUT2D eigenvalue weighted by atomic mass is 35.5. The number of halogens is 1. The maximum atomic E-state index is 13.5. The molecule has 5 rings (SSSR count). The molecule has 1 aliphatic carbocycles. The Morgan fingerprint density at radius 2 is 1.94 bits per heavy atom. The number of carbonyl (C=O) groups is 1. The smallest absolute Gasteiger partial charge is 0.233 e. The monoisotopic (exact) mass is 434 g/mol. The van der Waals surface area contributed by atoms with Crippen molar-refractivity contribution in [1.82, 2.24) is 9.88 Å². The molecule has 0 spiro atoms. The third kappa shape index (κ3) is 3.80. The molecule has 1 aliphatic heterocycles. The van der Waals surface area contributed by atoms with Crippen LogP contribution < -0.4 is 4.74 Å². The van der Waals surface area contributed by atoms with Gasteiger partial charge in [0, 0.05) is 23.3 Å². The molecule has 2 aromatic carbocycles. The Labute approximate surface area is 186 Å². The first-order chi connectivity index (χ1) is 15.1. The maximum Gasteiger partial charge on any atom is 0.233 e. The van der Waals surface area contributed by atoms with Crippen molar-refractivity contribution in [1.29, 1.82) is 0 Å². The van der Waals surface area contributed by atoms with Gasteiger partial charge in [-0.25, -0.2) is 0 Å². The van der Waals surface area contributed by atoms with Gasteiger partial charge >= 0.3 is 0 Å². The van der Waals surface area contributed by atoms with Crippen LogP contribution in [0.5, 0.6) is 5.75 Å². The molecule has 3 aromatic rings. The number of ether oxygens (including phenoxy) is 1. The van der Waals surface area contributed by atoms with Crippen LogP contribution in [0.2, 0.25) is 5.02 Å². The number of rotatable bonds is 4. The number of aliphatic hydroxyl groups is 1. The number of aromatic nitrogens is 1. The molecule has 1 aromatic heterocycles. The molecule has 1 N–H and O–H groups in total. The van der Waals surface area contributed by atoms with E-state index in [2.05, 4.69) is 4.98 Å². The van der Waals surface area contributed by atoms with E-state index in [9.17, 15) is 9.90 Å². The Morgan fingerprint density at radius 1 is 1.13 bits per heavy atom. The van der Waals surface area contributed by atoms with E-state index in [0.29, 0.717) is 30.4 Å². The molecule has 0 saturated heterocycles. The van der Waals surface area contributed by atoms with Crippen LogP contribution in [0, 0.1) is 0 Å². The fraction of sp³-hybridized carbons (Fsp3) is 0.280. The van der Waals surface area contributed by atoms with Crippen molar-refractivity contribution in [2.75, 3.05) is 13.2 Å². The standard InChI is InChI=1S/C25H23ClN2O3/c26-20-7-5-19(6-8-20)25(10-11-25)24(30)28-13-14-31-22-9-4-17(15-18(22)16-28)23(29)21-3-1-2-12-27-21/h1-9,12,15,23,29H,10-11,13-14,16H2. The summed E-state index contributed by atoms with van der Waals surface area (Å²) in [6.07, 6.45) is 2.52. The lowest BCUT2D eigenvalue weighted by Crippen LogP contribution is -2.40. The van der Waals surface area contributed by atoms with E-state index < -0.39 is 11.5 Å². The van der Waals surface area contributed by atoms with Crippen molar-refractivity contribution in [3.8, 4) is 5.75 Å². The molecular weight excluding hydrogens is 412 g/mol. The summed E-state index contributed by atoms with van der Waals surface area (Å²) in [5.41, 5.74) is 2.77. The minimum Gasteiger partial charge on any atom is -0.491 e. The molecule has 0 bridgehead atoms. The summed E-state index contributed by atoms with van der Waals surface area (Å²) < 4.78 is 5.92. The molecule has 1 unspecified atom stereocenters. The van der Waals surface area contributed by atoms with E-state index in [-0.39, 0.29) is 5.91 Å². The molecule has 2 heterocycles. The second-order valence-corrected chi connectivity index (χ2v) is 8.62.